The molecule has 0 spiro atoms. The van der Waals surface area contributed by atoms with E-state index in [0.717, 1.165) is 12.3 Å². The van der Waals surface area contributed by atoms with Gasteiger partial charge in [0.2, 0.25) is 5.91 Å². The van der Waals surface area contributed by atoms with Crippen molar-refractivity contribution in [1.82, 2.24) is 10.3 Å². The Bertz CT molecular complexity index is 544. The third-order valence-corrected chi connectivity index (χ3v) is 2.69. The van der Waals surface area contributed by atoms with Gasteiger partial charge in [0.25, 0.3) is 0 Å². The molecule has 0 radical (unpaired) electrons. The van der Waals surface area contributed by atoms with Crippen molar-refractivity contribution >= 4 is 17.8 Å². The van der Waals surface area contributed by atoms with E-state index in [2.05, 4.69) is 15.6 Å². The second-order valence-corrected chi connectivity index (χ2v) is 4.98. The van der Waals surface area contributed by atoms with Crippen LogP contribution in [0.15, 0.2) is 18.3 Å². The molecular weight excluding hydrogens is 289 g/mol. The maximum atomic E-state index is 12.5. The van der Waals surface area contributed by atoms with E-state index in [1.807, 2.05) is 0 Å². The Labute approximate surface area is 118 Å². The molecule has 6 nitrogen and oxygen atoms in total. The van der Waals surface area contributed by atoms with E-state index in [1.54, 1.807) is 0 Å². The van der Waals surface area contributed by atoms with Gasteiger partial charge in [-0.2, -0.15) is 13.2 Å². The molecule has 0 atom stereocenters. The average Bonchev–Trinajstić information content (AvgIpc) is 2.35. The SMILES string of the molecule is CC(C)(CNC(=O)Nc1cc(C(F)(F)F)ccn1)C(N)=O. The van der Waals surface area contributed by atoms with Gasteiger partial charge in [-0.3, -0.25) is 10.1 Å². The molecule has 0 aliphatic carbocycles. The monoisotopic (exact) mass is 304 g/mol. The van der Waals surface area contributed by atoms with E-state index in [0.29, 0.717) is 6.07 Å². The molecule has 21 heavy (non-hydrogen) atoms. The Morgan fingerprint density at radius 3 is 2.48 bits per heavy atom. The highest BCUT2D eigenvalue weighted by Crippen LogP contribution is 2.29. The molecule has 116 valence electrons. The van der Waals surface area contributed by atoms with Crippen molar-refractivity contribution in [1.29, 1.82) is 0 Å². The highest BCUT2D eigenvalue weighted by atomic mass is 19.4. The lowest BCUT2D eigenvalue weighted by Gasteiger charge is -2.20. The minimum absolute atomic E-state index is 0.0624. The number of pyridine rings is 1. The first-order chi connectivity index (χ1) is 9.52. The number of anilines is 1. The van der Waals surface area contributed by atoms with E-state index < -0.39 is 29.1 Å². The highest BCUT2D eigenvalue weighted by Gasteiger charge is 2.31. The predicted octanol–water partition coefficient (Wildman–Crippen LogP) is 1.73. The third kappa shape index (κ3) is 4.93. The van der Waals surface area contributed by atoms with Crippen molar-refractivity contribution < 1.29 is 22.8 Å². The Kier molecular flexibility index (Phi) is 4.77. The molecule has 0 aliphatic heterocycles. The van der Waals surface area contributed by atoms with Crippen LogP contribution in [0.3, 0.4) is 0 Å². The smallest absolute Gasteiger partial charge is 0.369 e. The van der Waals surface area contributed by atoms with Crippen molar-refractivity contribution in [2.45, 2.75) is 20.0 Å². The zero-order valence-corrected chi connectivity index (χ0v) is 11.4. The van der Waals surface area contributed by atoms with Gasteiger partial charge >= 0.3 is 12.2 Å². The van der Waals surface area contributed by atoms with Gasteiger partial charge in [-0.1, -0.05) is 0 Å². The quantitative estimate of drug-likeness (QED) is 0.790. The number of aromatic nitrogens is 1. The fourth-order valence-corrected chi connectivity index (χ4v) is 1.22. The lowest BCUT2D eigenvalue weighted by Crippen LogP contribution is -2.43. The summed E-state index contributed by atoms with van der Waals surface area (Å²) in [5, 5.41) is 4.49. The van der Waals surface area contributed by atoms with Crippen LogP contribution in [0, 0.1) is 5.41 Å². The maximum Gasteiger partial charge on any atom is 0.416 e. The second kappa shape index (κ2) is 5.98. The predicted molar refractivity (Wildman–Crippen MR) is 69.2 cm³/mol. The van der Waals surface area contributed by atoms with E-state index in [9.17, 15) is 22.8 Å². The normalized spacial score (nSPS) is 11.9. The number of alkyl halides is 3. The fourth-order valence-electron chi connectivity index (χ4n) is 1.22. The fraction of sp³-hybridized carbons (Fsp3) is 0.417. The number of nitrogens with zero attached hydrogens (tertiary/aromatic N) is 1. The first-order valence-electron chi connectivity index (χ1n) is 5.90. The van der Waals surface area contributed by atoms with Gasteiger partial charge in [0.15, 0.2) is 0 Å². The van der Waals surface area contributed by atoms with Crippen LogP contribution in [0.4, 0.5) is 23.8 Å². The first kappa shape index (κ1) is 16.7. The molecule has 4 N–H and O–H groups in total. The summed E-state index contributed by atoms with van der Waals surface area (Å²) in [5.74, 6) is -0.862. The van der Waals surface area contributed by atoms with E-state index >= 15 is 0 Å². The molecule has 0 unspecified atom stereocenters. The van der Waals surface area contributed by atoms with Crippen molar-refractivity contribution in [2.75, 3.05) is 11.9 Å². The molecule has 1 aromatic rings. The van der Waals surface area contributed by atoms with Crippen LogP contribution in [0.1, 0.15) is 19.4 Å². The number of primary amides is 1. The Morgan fingerprint density at radius 1 is 1.33 bits per heavy atom. The van der Waals surface area contributed by atoms with Gasteiger partial charge in [0.1, 0.15) is 5.82 Å². The standard InChI is InChI=1S/C12H15F3N4O2/c1-11(2,9(16)20)6-18-10(21)19-8-5-7(3-4-17-8)12(13,14)15/h3-5H,6H2,1-2H3,(H2,16,20)(H2,17,18,19,21). The molecule has 3 amide bonds. The Balaban J connectivity index is 2.66. The third-order valence-electron chi connectivity index (χ3n) is 2.69. The number of nitrogens with two attached hydrogens (primary N) is 1. The number of carbonyl (C=O) groups is 2. The summed E-state index contributed by atoms with van der Waals surface area (Å²) < 4.78 is 37.5. The van der Waals surface area contributed by atoms with Crippen molar-refractivity contribution in [3.05, 3.63) is 23.9 Å². The zero-order chi connectivity index (χ0) is 16.3. The van der Waals surface area contributed by atoms with Gasteiger partial charge in [-0.15, -0.1) is 0 Å². The first-order valence-corrected chi connectivity index (χ1v) is 5.90. The summed E-state index contributed by atoms with van der Waals surface area (Å²) in [6.07, 6.45) is -3.59. The average molecular weight is 304 g/mol. The molecule has 0 aromatic carbocycles. The molecule has 0 aliphatic rings. The van der Waals surface area contributed by atoms with Crippen LogP contribution < -0.4 is 16.4 Å². The van der Waals surface area contributed by atoms with Gasteiger partial charge in [0, 0.05) is 12.7 Å². The molecule has 0 fully saturated rings. The summed E-state index contributed by atoms with van der Waals surface area (Å²) in [6, 6.07) is 0.717. The van der Waals surface area contributed by atoms with Gasteiger partial charge in [-0.05, 0) is 26.0 Å². The number of amides is 3. The molecule has 0 bridgehead atoms. The van der Waals surface area contributed by atoms with E-state index in [-0.39, 0.29) is 12.4 Å². The molecular formula is C12H15F3N4O2. The number of urea groups is 1. The molecule has 1 rings (SSSR count). The van der Waals surface area contributed by atoms with Gasteiger partial charge in [0.05, 0.1) is 11.0 Å². The number of nitrogens with one attached hydrogen (secondary N) is 2. The summed E-state index contributed by atoms with van der Waals surface area (Å²) >= 11 is 0. The summed E-state index contributed by atoms with van der Waals surface area (Å²) in [4.78, 5) is 26.2. The van der Waals surface area contributed by atoms with Crippen LogP contribution >= 0.6 is 0 Å². The minimum Gasteiger partial charge on any atom is -0.369 e. The van der Waals surface area contributed by atoms with Crippen LogP contribution in [-0.4, -0.2) is 23.5 Å². The Hall–Kier alpha value is -2.32. The Morgan fingerprint density at radius 2 is 1.95 bits per heavy atom. The molecule has 1 heterocycles. The van der Waals surface area contributed by atoms with Crippen LogP contribution in [0.5, 0.6) is 0 Å². The molecule has 0 saturated carbocycles. The van der Waals surface area contributed by atoms with Crippen molar-refractivity contribution in [2.24, 2.45) is 11.1 Å². The molecule has 9 heteroatoms. The lowest BCUT2D eigenvalue weighted by molar-refractivity contribution is -0.137. The number of halogens is 3. The summed E-state index contributed by atoms with van der Waals surface area (Å²) in [5.41, 5.74) is 3.23. The zero-order valence-electron chi connectivity index (χ0n) is 11.4. The number of rotatable bonds is 4. The molecule has 0 saturated heterocycles. The van der Waals surface area contributed by atoms with E-state index in [4.69, 9.17) is 5.73 Å². The van der Waals surface area contributed by atoms with Gasteiger partial charge in [-0.25, -0.2) is 9.78 Å². The topological polar surface area (TPSA) is 97.1 Å². The van der Waals surface area contributed by atoms with Gasteiger partial charge < -0.3 is 11.1 Å². The number of carbonyl (C=O) groups excluding carboxylic acids is 2. The minimum atomic E-state index is -4.52. The summed E-state index contributed by atoms with van der Waals surface area (Å²) in [6.45, 7) is 2.99. The number of hydrogen-bond donors (Lipinski definition) is 3. The van der Waals surface area contributed by atoms with Crippen molar-refractivity contribution in [3.63, 3.8) is 0 Å². The maximum absolute atomic E-state index is 12.5. The van der Waals surface area contributed by atoms with E-state index in [1.165, 1.54) is 13.8 Å². The summed E-state index contributed by atoms with van der Waals surface area (Å²) in [7, 11) is 0. The number of hydrogen-bond acceptors (Lipinski definition) is 3. The van der Waals surface area contributed by atoms with Crippen LogP contribution in [0.25, 0.3) is 0 Å². The van der Waals surface area contributed by atoms with Crippen molar-refractivity contribution in [3.8, 4) is 0 Å². The largest absolute Gasteiger partial charge is 0.416 e. The van der Waals surface area contributed by atoms with Crippen LogP contribution in [-0.2, 0) is 11.0 Å². The second-order valence-electron chi connectivity index (χ2n) is 4.98. The van der Waals surface area contributed by atoms with Crippen LogP contribution in [0.2, 0.25) is 0 Å². The highest BCUT2D eigenvalue weighted by molar-refractivity contribution is 5.89. The molecule has 1 aromatic heterocycles. The lowest BCUT2D eigenvalue weighted by atomic mass is 9.93.